The van der Waals surface area contributed by atoms with Gasteiger partial charge in [-0.05, 0) is 53.6 Å². The van der Waals surface area contributed by atoms with Crippen LogP contribution in [-0.2, 0) is 11.3 Å². The van der Waals surface area contributed by atoms with Crippen LogP contribution in [0.15, 0.2) is 91.1 Å². The molecular formula is C29H26N2O3. The minimum absolute atomic E-state index is 0.357. The lowest BCUT2D eigenvalue weighted by Crippen LogP contribution is -2.07. The highest BCUT2D eigenvalue weighted by Gasteiger charge is 2.25. The van der Waals surface area contributed by atoms with Gasteiger partial charge in [0, 0.05) is 5.56 Å². The number of aromatic nitrogens is 1. The molecule has 1 aliphatic rings. The number of hydrogen-bond donors (Lipinski definition) is 1. The second-order valence-corrected chi connectivity index (χ2v) is 8.41. The number of nitrogens with one attached hydrogen (secondary N) is 1. The third-order valence-electron chi connectivity index (χ3n) is 5.93. The molecule has 5 heteroatoms. The quantitative estimate of drug-likeness (QED) is 0.301. The maximum atomic E-state index is 12.5. The van der Waals surface area contributed by atoms with Crippen LogP contribution in [0.1, 0.15) is 40.2 Å². The van der Waals surface area contributed by atoms with E-state index in [0.29, 0.717) is 29.7 Å². The van der Waals surface area contributed by atoms with Gasteiger partial charge in [0.15, 0.2) is 0 Å². The summed E-state index contributed by atoms with van der Waals surface area (Å²) in [6.07, 6.45) is 4.06. The van der Waals surface area contributed by atoms with Gasteiger partial charge in [0.05, 0.1) is 30.2 Å². The van der Waals surface area contributed by atoms with Crippen molar-refractivity contribution in [3.8, 4) is 17.0 Å². The number of methoxy groups -OCH3 is 1. The lowest BCUT2D eigenvalue weighted by Gasteiger charge is -2.15. The fourth-order valence-corrected chi connectivity index (χ4v) is 3.96. The first kappa shape index (κ1) is 21.7. The van der Waals surface area contributed by atoms with Gasteiger partial charge in [-0.1, -0.05) is 66.7 Å². The van der Waals surface area contributed by atoms with Gasteiger partial charge in [-0.15, -0.1) is 0 Å². The predicted molar refractivity (Wildman–Crippen MR) is 133 cm³/mol. The summed E-state index contributed by atoms with van der Waals surface area (Å²) in [6, 6.07) is 28.0. The number of pyridine rings is 1. The first-order chi connectivity index (χ1) is 16.7. The molecule has 170 valence electrons. The van der Waals surface area contributed by atoms with Crippen molar-refractivity contribution in [1.82, 2.24) is 4.98 Å². The molecule has 0 saturated heterocycles. The highest BCUT2D eigenvalue weighted by Crippen LogP contribution is 2.41. The first-order valence-electron chi connectivity index (χ1n) is 11.4. The largest absolute Gasteiger partial charge is 0.472 e. The van der Waals surface area contributed by atoms with Crippen LogP contribution < -0.4 is 10.1 Å². The number of nitrogens with zero attached hydrogens (tertiary/aromatic N) is 1. The van der Waals surface area contributed by atoms with Gasteiger partial charge >= 0.3 is 5.97 Å². The van der Waals surface area contributed by atoms with Crippen molar-refractivity contribution < 1.29 is 14.3 Å². The molecule has 1 aromatic heterocycles. The molecule has 4 aromatic rings. The van der Waals surface area contributed by atoms with Crippen LogP contribution in [0, 0.1) is 0 Å². The fraction of sp³-hybridized carbons (Fsp3) is 0.172. The fourth-order valence-electron chi connectivity index (χ4n) is 3.96. The summed E-state index contributed by atoms with van der Waals surface area (Å²) in [5.74, 6) is 0.742. The molecule has 34 heavy (non-hydrogen) atoms. The second-order valence-electron chi connectivity index (χ2n) is 8.41. The number of hydrogen-bond acceptors (Lipinski definition) is 5. The highest BCUT2D eigenvalue weighted by atomic mass is 16.5. The number of esters is 1. The third kappa shape index (κ3) is 4.94. The molecule has 0 bridgehead atoms. The molecule has 5 nitrogen and oxygen atoms in total. The van der Waals surface area contributed by atoms with Gasteiger partial charge in [0.2, 0.25) is 5.88 Å². The Kier molecular flexibility index (Phi) is 6.25. The van der Waals surface area contributed by atoms with Crippen LogP contribution >= 0.6 is 0 Å². The summed E-state index contributed by atoms with van der Waals surface area (Å²) < 4.78 is 11.1. The Morgan fingerprint density at radius 3 is 2.41 bits per heavy atom. The minimum atomic E-state index is -0.357. The molecule has 0 unspecified atom stereocenters. The Balaban J connectivity index is 1.46. The van der Waals surface area contributed by atoms with Gasteiger partial charge < -0.3 is 14.8 Å². The molecule has 0 aliphatic heterocycles. The Hall–Kier alpha value is -4.12. The summed E-state index contributed by atoms with van der Waals surface area (Å²) in [4.78, 5) is 17.1. The molecule has 0 radical (unpaired) electrons. The van der Waals surface area contributed by atoms with Crippen LogP contribution in [-0.4, -0.2) is 18.1 Å². The van der Waals surface area contributed by atoms with Gasteiger partial charge in [0.25, 0.3) is 0 Å². The maximum absolute atomic E-state index is 12.5. The van der Waals surface area contributed by atoms with Crippen LogP contribution in [0.5, 0.6) is 5.88 Å². The number of rotatable bonds is 8. The van der Waals surface area contributed by atoms with E-state index in [2.05, 4.69) is 16.4 Å². The monoisotopic (exact) mass is 450 g/mol. The molecule has 0 amide bonds. The lowest BCUT2D eigenvalue weighted by atomic mass is 10.0. The molecule has 5 rings (SSSR count). The van der Waals surface area contributed by atoms with Crippen LogP contribution in [0.2, 0.25) is 0 Å². The average Bonchev–Trinajstić information content (AvgIpc) is 3.74. The Morgan fingerprint density at radius 2 is 1.71 bits per heavy atom. The Bertz CT molecular complexity index is 1290. The van der Waals surface area contributed by atoms with Crippen molar-refractivity contribution in [2.75, 3.05) is 12.4 Å². The molecule has 0 atom stereocenters. The summed E-state index contributed by atoms with van der Waals surface area (Å²) >= 11 is 0. The Labute approximate surface area is 199 Å². The van der Waals surface area contributed by atoms with E-state index in [0.717, 1.165) is 22.4 Å². The Morgan fingerprint density at radius 1 is 0.971 bits per heavy atom. The number of anilines is 2. The average molecular weight is 451 g/mol. The number of ether oxygens (including phenoxy) is 2. The van der Waals surface area contributed by atoms with E-state index in [9.17, 15) is 4.79 Å². The summed E-state index contributed by atoms with van der Waals surface area (Å²) in [5.41, 5.74) is 6.10. The molecular weight excluding hydrogens is 424 g/mol. The van der Waals surface area contributed by atoms with Crippen molar-refractivity contribution >= 4 is 17.3 Å². The van der Waals surface area contributed by atoms with Crippen molar-refractivity contribution in [3.63, 3.8) is 0 Å². The number of carbonyl (C=O) groups excluding carboxylic acids is 1. The summed E-state index contributed by atoms with van der Waals surface area (Å²) in [6.45, 7) is 0.426. The van der Waals surface area contributed by atoms with E-state index in [4.69, 9.17) is 9.47 Å². The zero-order chi connectivity index (χ0) is 23.3. The van der Waals surface area contributed by atoms with Crippen LogP contribution in [0.25, 0.3) is 11.1 Å². The topological polar surface area (TPSA) is 60.5 Å². The number of benzene rings is 3. The molecule has 1 heterocycles. The zero-order valence-corrected chi connectivity index (χ0v) is 19.0. The van der Waals surface area contributed by atoms with Crippen molar-refractivity contribution in [2.45, 2.75) is 25.4 Å². The van der Waals surface area contributed by atoms with Gasteiger partial charge in [-0.2, -0.15) is 0 Å². The van der Waals surface area contributed by atoms with Gasteiger partial charge in [-0.3, -0.25) is 0 Å². The highest BCUT2D eigenvalue weighted by molar-refractivity contribution is 5.97. The lowest BCUT2D eigenvalue weighted by molar-refractivity contribution is 0.0602. The smallest absolute Gasteiger partial charge is 0.339 e. The molecule has 1 saturated carbocycles. The molecule has 1 N–H and O–H groups in total. The molecule has 3 aromatic carbocycles. The van der Waals surface area contributed by atoms with E-state index >= 15 is 0 Å². The van der Waals surface area contributed by atoms with E-state index in [1.54, 1.807) is 6.20 Å². The summed E-state index contributed by atoms with van der Waals surface area (Å²) in [7, 11) is 1.41. The van der Waals surface area contributed by atoms with Gasteiger partial charge in [0.1, 0.15) is 6.61 Å². The zero-order valence-electron chi connectivity index (χ0n) is 19.0. The van der Waals surface area contributed by atoms with E-state index in [1.807, 2.05) is 78.9 Å². The number of carbonyl (C=O) groups is 1. The second kappa shape index (κ2) is 9.79. The molecule has 1 fully saturated rings. The first-order valence-corrected chi connectivity index (χ1v) is 11.4. The minimum Gasteiger partial charge on any atom is -0.472 e. The standard InChI is InChI=1S/C29H26N2O3/c1-33-29(32)26-16-23(21-12-13-21)14-15-27(26)31-24-17-25(22-10-6-3-7-11-22)28(30-18-24)34-19-20-8-4-2-5-9-20/h2-11,14-18,21,31H,12-13,19H2,1H3. The summed E-state index contributed by atoms with van der Waals surface area (Å²) in [5, 5.41) is 3.37. The third-order valence-corrected chi connectivity index (χ3v) is 5.93. The van der Waals surface area contributed by atoms with Gasteiger partial charge in [-0.25, -0.2) is 9.78 Å². The van der Waals surface area contributed by atoms with Crippen LogP contribution in [0.4, 0.5) is 11.4 Å². The van der Waals surface area contributed by atoms with Crippen molar-refractivity contribution in [2.24, 2.45) is 0 Å². The van der Waals surface area contributed by atoms with Crippen molar-refractivity contribution in [1.29, 1.82) is 0 Å². The predicted octanol–water partition coefficient (Wildman–Crippen LogP) is 6.74. The van der Waals surface area contributed by atoms with Crippen LogP contribution in [0.3, 0.4) is 0 Å². The molecule has 1 aliphatic carbocycles. The van der Waals surface area contributed by atoms with E-state index in [-0.39, 0.29) is 5.97 Å². The molecule has 0 spiro atoms. The normalized spacial score (nSPS) is 12.7. The maximum Gasteiger partial charge on any atom is 0.339 e. The van der Waals surface area contributed by atoms with Crippen molar-refractivity contribution in [3.05, 3.63) is 108 Å². The van der Waals surface area contributed by atoms with E-state index < -0.39 is 0 Å². The SMILES string of the molecule is COC(=O)c1cc(C2CC2)ccc1Nc1cnc(OCc2ccccc2)c(-c2ccccc2)c1. The van der Waals surface area contributed by atoms with E-state index in [1.165, 1.54) is 25.5 Å².